The first-order valence-corrected chi connectivity index (χ1v) is 10.5. The maximum atomic E-state index is 12.9. The van der Waals surface area contributed by atoms with Crippen LogP contribution in [-0.4, -0.2) is 38.0 Å². The zero-order valence-corrected chi connectivity index (χ0v) is 17.9. The number of anilines is 3. The van der Waals surface area contributed by atoms with Gasteiger partial charge in [0, 0.05) is 56.6 Å². The summed E-state index contributed by atoms with van der Waals surface area (Å²) in [6.45, 7) is 10.8. The van der Waals surface area contributed by atoms with Crippen molar-refractivity contribution in [1.82, 2.24) is 0 Å². The molecular weight excluding hydrogens is 362 g/mol. The summed E-state index contributed by atoms with van der Waals surface area (Å²) in [4.78, 5) is 31.1. The van der Waals surface area contributed by atoms with Crippen molar-refractivity contribution in [2.75, 3.05) is 40.9 Å². The third-order valence-electron chi connectivity index (χ3n) is 5.72. The number of aryl methyl sites for hydroxylation is 1. The van der Waals surface area contributed by atoms with Crippen LogP contribution in [0.25, 0.3) is 0 Å². The third-order valence-corrected chi connectivity index (χ3v) is 5.72. The highest BCUT2D eigenvalue weighted by atomic mass is 16.2. The Labute approximate surface area is 173 Å². The minimum Gasteiger partial charge on any atom is -0.372 e. The summed E-state index contributed by atoms with van der Waals surface area (Å²) in [6, 6.07) is 14.2. The Balaban J connectivity index is 1.73. The fraction of sp³-hybridized carbons (Fsp3) is 0.417. The molecule has 2 aromatic rings. The molecule has 0 fully saturated rings. The number of rotatable bonds is 7. The van der Waals surface area contributed by atoms with Gasteiger partial charge in [-0.15, -0.1) is 0 Å². The number of carbonyl (C=O) groups is 2. The summed E-state index contributed by atoms with van der Waals surface area (Å²) >= 11 is 0. The lowest BCUT2D eigenvalue weighted by molar-refractivity contribution is -0.118. The van der Waals surface area contributed by atoms with Crippen LogP contribution in [0.5, 0.6) is 0 Å². The summed E-state index contributed by atoms with van der Waals surface area (Å²) in [6.07, 6.45) is 1.20. The number of amides is 2. The number of hydrogen-bond donors (Lipinski definition) is 0. The molecule has 0 atom stereocenters. The topological polar surface area (TPSA) is 43.9 Å². The second-order valence-electron chi connectivity index (χ2n) is 7.49. The van der Waals surface area contributed by atoms with Crippen LogP contribution in [0.15, 0.2) is 42.5 Å². The SMILES string of the molecule is CCN(CC)c1ccc(N(CCC(=O)N2CCc3ccccc32)C(C)=O)c(C)c1. The molecule has 0 spiro atoms. The van der Waals surface area contributed by atoms with Crippen molar-refractivity contribution in [2.45, 2.75) is 40.5 Å². The number of fused-ring (bicyclic) bond motifs is 1. The first kappa shape index (κ1) is 20.9. The average molecular weight is 394 g/mol. The molecule has 5 nitrogen and oxygen atoms in total. The van der Waals surface area contributed by atoms with Crippen molar-refractivity contribution in [1.29, 1.82) is 0 Å². The summed E-state index contributed by atoms with van der Waals surface area (Å²) in [5.74, 6) is 0.0249. The minimum absolute atomic E-state index is 0.0432. The smallest absolute Gasteiger partial charge is 0.228 e. The summed E-state index contributed by atoms with van der Waals surface area (Å²) in [5, 5.41) is 0. The Morgan fingerprint density at radius 2 is 1.79 bits per heavy atom. The zero-order valence-electron chi connectivity index (χ0n) is 17.9. The largest absolute Gasteiger partial charge is 0.372 e. The Morgan fingerprint density at radius 1 is 1.07 bits per heavy atom. The van der Waals surface area contributed by atoms with Gasteiger partial charge in [-0.05, 0) is 62.6 Å². The molecule has 1 heterocycles. The van der Waals surface area contributed by atoms with Crippen molar-refractivity contribution in [3.63, 3.8) is 0 Å². The van der Waals surface area contributed by atoms with Crippen LogP contribution in [0.1, 0.15) is 38.3 Å². The van der Waals surface area contributed by atoms with Gasteiger partial charge in [-0.2, -0.15) is 0 Å². The van der Waals surface area contributed by atoms with E-state index in [9.17, 15) is 9.59 Å². The number of benzene rings is 2. The van der Waals surface area contributed by atoms with Gasteiger partial charge in [0.15, 0.2) is 0 Å². The number of nitrogens with zero attached hydrogens (tertiary/aromatic N) is 3. The molecule has 0 saturated carbocycles. The van der Waals surface area contributed by atoms with Crippen molar-refractivity contribution < 1.29 is 9.59 Å². The Morgan fingerprint density at radius 3 is 2.45 bits per heavy atom. The minimum atomic E-state index is -0.0432. The van der Waals surface area contributed by atoms with E-state index in [2.05, 4.69) is 36.9 Å². The van der Waals surface area contributed by atoms with E-state index in [-0.39, 0.29) is 11.8 Å². The lowest BCUT2D eigenvalue weighted by Crippen LogP contribution is -2.36. The number of hydrogen-bond acceptors (Lipinski definition) is 3. The van der Waals surface area contributed by atoms with Crippen LogP contribution in [0.3, 0.4) is 0 Å². The molecule has 1 aliphatic heterocycles. The van der Waals surface area contributed by atoms with Crippen LogP contribution in [0, 0.1) is 6.92 Å². The molecule has 0 bridgehead atoms. The molecule has 0 unspecified atom stereocenters. The Kier molecular flexibility index (Phi) is 6.57. The third kappa shape index (κ3) is 4.44. The van der Waals surface area contributed by atoms with Crippen molar-refractivity contribution in [3.05, 3.63) is 53.6 Å². The molecule has 1 aliphatic rings. The second-order valence-corrected chi connectivity index (χ2v) is 7.49. The van der Waals surface area contributed by atoms with Gasteiger partial charge in [-0.1, -0.05) is 18.2 Å². The van der Waals surface area contributed by atoms with Crippen LogP contribution >= 0.6 is 0 Å². The van der Waals surface area contributed by atoms with Crippen molar-refractivity contribution in [2.24, 2.45) is 0 Å². The fourth-order valence-corrected chi connectivity index (χ4v) is 4.12. The molecule has 154 valence electrons. The summed E-state index contributed by atoms with van der Waals surface area (Å²) in [5.41, 5.74) is 5.30. The van der Waals surface area contributed by atoms with E-state index in [0.717, 1.165) is 48.7 Å². The highest BCUT2D eigenvalue weighted by Crippen LogP contribution is 2.29. The zero-order chi connectivity index (χ0) is 21.0. The van der Waals surface area contributed by atoms with Gasteiger partial charge >= 0.3 is 0 Å². The van der Waals surface area contributed by atoms with Crippen molar-refractivity contribution in [3.8, 4) is 0 Å². The van der Waals surface area contributed by atoms with E-state index < -0.39 is 0 Å². The molecule has 0 aliphatic carbocycles. The molecular formula is C24H31N3O2. The van der Waals surface area contributed by atoms with E-state index >= 15 is 0 Å². The van der Waals surface area contributed by atoms with E-state index in [0.29, 0.717) is 13.0 Å². The van der Waals surface area contributed by atoms with Gasteiger partial charge in [-0.25, -0.2) is 0 Å². The fourth-order valence-electron chi connectivity index (χ4n) is 4.12. The summed E-state index contributed by atoms with van der Waals surface area (Å²) in [7, 11) is 0. The van der Waals surface area contributed by atoms with Gasteiger partial charge in [-0.3, -0.25) is 9.59 Å². The van der Waals surface area contributed by atoms with Crippen LogP contribution < -0.4 is 14.7 Å². The normalized spacial score (nSPS) is 12.6. The van der Waals surface area contributed by atoms with Crippen molar-refractivity contribution >= 4 is 28.9 Å². The molecule has 2 aromatic carbocycles. The predicted molar refractivity (Wildman–Crippen MR) is 120 cm³/mol. The second kappa shape index (κ2) is 9.12. The van der Waals surface area contributed by atoms with Crippen LogP contribution in [0.4, 0.5) is 17.1 Å². The van der Waals surface area contributed by atoms with Gasteiger partial charge in [0.2, 0.25) is 11.8 Å². The summed E-state index contributed by atoms with van der Waals surface area (Å²) < 4.78 is 0. The van der Waals surface area contributed by atoms with Gasteiger partial charge in [0.05, 0.1) is 0 Å². The molecule has 29 heavy (non-hydrogen) atoms. The molecule has 0 saturated heterocycles. The van der Waals surface area contributed by atoms with Gasteiger partial charge in [0.25, 0.3) is 0 Å². The highest BCUT2D eigenvalue weighted by Gasteiger charge is 2.25. The van der Waals surface area contributed by atoms with E-state index in [1.54, 1.807) is 11.8 Å². The van der Waals surface area contributed by atoms with Gasteiger partial charge < -0.3 is 14.7 Å². The van der Waals surface area contributed by atoms with E-state index in [1.807, 2.05) is 36.1 Å². The first-order chi connectivity index (χ1) is 14.0. The Hall–Kier alpha value is -2.82. The van der Waals surface area contributed by atoms with Crippen LogP contribution in [0.2, 0.25) is 0 Å². The number of para-hydroxylation sites is 1. The van der Waals surface area contributed by atoms with E-state index in [1.165, 1.54) is 5.56 Å². The quantitative estimate of drug-likeness (QED) is 0.709. The first-order valence-electron chi connectivity index (χ1n) is 10.5. The lowest BCUT2D eigenvalue weighted by atomic mass is 10.1. The van der Waals surface area contributed by atoms with Gasteiger partial charge in [0.1, 0.15) is 0 Å². The Bertz CT molecular complexity index is 889. The maximum Gasteiger partial charge on any atom is 0.228 e. The van der Waals surface area contributed by atoms with E-state index in [4.69, 9.17) is 0 Å². The molecule has 0 radical (unpaired) electrons. The average Bonchev–Trinajstić information content (AvgIpc) is 3.14. The number of carbonyl (C=O) groups excluding carboxylic acids is 2. The molecule has 2 amide bonds. The molecule has 5 heteroatoms. The predicted octanol–water partition coefficient (Wildman–Crippen LogP) is 4.17. The maximum absolute atomic E-state index is 12.9. The monoisotopic (exact) mass is 393 g/mol. The molecule has 0 aromatic heterocycles. The lowest BCUT2D eigenvalue weighted by Gasteiger charge is -2.27. The van der Waals surface area contributed by atoms with Crippen LogP contribution in [-0.2, 0) is 16.0 Å². The molecule has 3 rings (SSSR count). The standard InChI is InChI=1S/C24H31N3O2/c1-5-25(6-2)21-11-12-22(18(3)17-21)26(19(4)28)16-14-24(29)27-15-13-20-9-7-8-10-23(20)27/h7-12,17H,5-6,13-16H2,1-4H3. The highest BCUT2D eigenvalue weighted by molar-refractivity contribution is 5.97. The molecule has 0 N–H and O–H groups in total.